The minimum atomic E-state index is 0.627. The van der Waals surface area contributed by atoms with E-state index in [2.05, 4.69) is 18.7 Å². The standard InChI is InChI=1S/C13H25NO/c1-3-13(2)6-8-14(9-7-13)12-4-10-15-11-5-12/h12H,3-11H2,1-2H3. The zero-order valence-corrected chi connectivity index (χ0v) is 10.3. The normalized spacial score (nSPS) is 29.2. The molecule has 2 heteroatoms. The van der Waals surface area contributed by atoms with Crippen LogP contribution in [0.25, 0.3) is 0 Å². The first kappa shape index (κ1) is 11.4. The first-order valence-electron chi connectivity index (χ1n) is 6.55. The Morgan fingerprint density at radius 1 is 1.20 bits per heavy atom. The van der Waals surface area contributed by atoms with Crippen LogP contribution in [-0.2, 0) is 4.74 Å². The van der Waals surface area contributed by atoms with Crippen LogP contribution in [0, 0.1) is 5.41 Å². The number of likely N-dealkylation sites (tertiary alicyclic amines) is 1. The second-order valence-corrected chi connectivity index (χ2v) is 5.54. The van der Waals surface area contributed by atoms with E-state index < -0.39 is 0 Å². The fourth-order valence-electron chi connectivity index (χ4n) is 2.83. The molecule has 2 heterocycles. The van der Waals surface area contributed by atoms with Crippen LogP contribution in [-0.4, -0.2) is 37.2 Å². The van der Waals surface area contributed by atoms with Crippen molar-refractivity contribution in [2.45, 2.75) is 52.0 Å². The van der Waals surface area contributed by atoms with E-state index in [-0.39, 0.29) is 0 Å². The predicted molar refractivity (Wildman–Crippen MR) is 63.0 cm³/mol. The van der Waals surface area contributed by atoms with Crippen molar-refractivity contribution in [2.24, 2.45) is 5.41 Å². The van der Waals surface area contributed by atoms with Crippen LogP contribution >= 0.6 is 0 Å². The summed E-state index contributed by atoms with van der Waals surface area (Å²) < 4.78 is 5.43. The Hall–Kier alpha value is -0.0800. The van der Waals surface area contributed by atoms with Gasteiger partial charge in [-0.1, -0.05) is 20.3 Å². The molecular weight excluding hydrogens is 186 g/mol. The van der Waals surface area contributed by atoms with Gasteiger partial charge in [-0.3, -0.25) is 0 Å². The van der Waals surface area contributed by atoms with Crippen molar-refractivity contribution in [3.05, 3.63) is 0 Å². The fourth-order valence-corrected chi connectivity index (χ4v) is 2.83. The Morgan fingerprint density at radius 3 is 2.33 bits per heavy atom. The van der Waals surface area contributed by atoms with E-state index in [0.29, 0.717) is 5.41 Å². The lowest BCUT2D eigenvalue weighted by atomic mass is 9.78. The molecule has 88 valence electrons. The number of rotatable bonds is 2. The molecule has 0 amide bonds. The highest BCUT2D eigenvalue weighted by Crippen LogP contribution is 2.35. The lowest BCUT2D eigenvalue weighted by molar-refractivity contribution is 0.00810. The monoisotopic (exact) mass is 211 g/mol. The summed E-state index contributed by atoms with van der Waals surface area (Å²) in [5, 5.41) is 0. The second-order valence-electron chi connectivity index (χ2n) is 5.54. The van der Waals surface area contributed by atoms with Crippen molar-refractivity contribution < 1.29 is 4.74 Å². The van der Waals surface area contributed by atoms with E-state index in [1.165, 1.54) is 45.2 Å². The maximum absolute atomic E-state index is 5.43. The highest BCUT2D eigenvalue weighted by molar-refractivity contribution is 4.85. The molecule has 0 saturated carbocycles. The van der Waals surface area contributed by atoms with Crippen molar-refractivity contribution in [1.82, 2.24) is 4.90 Å². The van der Waals surface area contributed by atoms with E-state index in [4.69, 9.17) is 4.74 Å². The van der Waals surface area contributed by atoms with Gasteiger partial charge in [0, 0.05) is 19.3 Å². The SMILES string of the molecule is CCC1(C)CCN(C2CCOCC2)CC1. The Morgan fingerprint density at radius 2 is 1.80 bits per heavy atom. The minimum Gasteiger partial charge on any atom is -0.381 e. The molecule has 0 radical (unpaired) electrons. The van der Waals surface area contributed by atoms with Crippen molar-refractivity contribution in [3.63, 3.8) is 0 Å². The Kier molecular flexibility index (Phi) is 3.68. The van der Waals surface area contributed by atoms with E-state index in [1.807, 2.05) is 0 Å². The van der Waals surface area contributed by atoms with Crippen molar-refractivity contribution in [3.8, 4) is 0 Å². The molecule has 0 bridgehead atoms. The third-order valence-corrected chi connectivity index (χ3v) is 4.57. The molecule has 0 unspecified atom stereocenters. The summed E-state index contributed by atoms with van der Waals surface area (Å²) >= 11 is 0. The number of piperidine rings is 1. The third kappa shape index (κ3) is 2.73. The van der Waals surface area contributed by atoms with Crippen molar-refractivity contribution in [2.75, 3.05) is 26.3 Å². The maximum Gasteiger partial charge on any atom is 0.0480 e. The van der Waals surface area contributed by atoms with Gasteiger partial charge < -0.3 is 9.64 Å². The Balaban J connectivity index is 1.82. The highest BCUT2D eigenvalue weighted by atomic mass is 16.5. The van der Waals surface area contributed by atoms with Gasteiger partial charge in [0.1, 0.15) is 0 Å². The van der Waals surface area contributed by atoms with Crippen LogP contribution in [0.2, 0.25) is 0 Å². The van der Waals surface area contributed by atoms with Crippen LogP contribution in [0.3, 0.4) is 0 Å². The fraction of sp³-hybridized carbons (Fsp3) is 1.00. The summed E-state index contributed by atoms with van der Waals surface area (Å²) in [5.41, 5.74) is 0.627. The molecule has 0 spiro atoms. The Labute approximate surface area is 94.0 Å². The van der Waals surface area contributed by atoms with Crippen LogP contribution in [0.1, 0.15) is 46.0 Å². The molecule has 0 aromatic rings. The lowest BCUT2D eigenvalue weighted by Gasteiger charge is -2.43. The number of nitrogens with zero attached hydrogens (tertiary/aromatic N) is 1. The molecule has 15 heavy (non-hydrogen) atoms. The number of hydrogen-bond donors (Lipinski definition) is 0. The molecule has 0 atom stereocenters. The first-order valence-corrected chi connectivity index (χ1v) is 6.55. The van der Waals surface area contributed by atoms with Crippen LogP contribution in [0.4, 0.5) is 0 Å². The molecule has 0 N–H and O–H groups in total. The van der Waals surface area contributed by atoms with Crippen molar-refractivity contribution >= 4 is 0 Å². The zero-order valence-electron chi connectivity index (χ0n) is 10.3. The van der Waals surface area contributed by atoms with Crippen LogP contribution < -0.4 is 0 Å². The quantitative estimate of drug-likeness (QED) is 0.696. The Bertz CT molecular complexity index is 191. The van der Waals surface area contributed by atoms with Crippen molar-refractivity contribution in [1.29, 1.82) is 0 Å². The second kappa shape index (κ2) is 4.84. The molecule has 0 aliphatic carbocycles. The van der Waals surface area contributed by atoms with Gasteiger partial charge in [0.25, 0.3) is 0 Å². The summed E-state index contributed by atoms with van der Waals surface area (Å²) in [6.07, 6.45) is 6.63. The number of ether oxygens (including phenoxy) is 1. The average Bonchev–Trinajstić information content (AvgIpc) is 2.31. The largest absolute Gasteiger partial charge is 0.381 e. The van der Waals surface area contributed by atoms with E-state index in [1.54, 1.807) is 0 Å². The van der Waals surface area contributed by atoms with E-state index in [9.17, 15) is 0 Å². The minimum absolute atomic E-state index is 0.627. The summed E-state index contributed by atoms with van der Waals surface area (Å²) in [6, 6.07) is 0.820. The molecule has 2 nitrogen and oxygen atoms in total. The average molecular weight is 211 g/mol. The molecule has 2 aliphatic rings. The van der Waals surface area contributed by atoms with Crippen LogP contribution in [0.5, 0.6) is 0 Å². The number of hydrogen-bond acceptors (Lipinski definition) is 2. The molecule has 0 aromatic heterocycles. The van der Waals surface area contributed by atoms with Gasteiger partial charge in [-0.2, -0.15) is 0 Å². The topological polar surface area (TPSA) is 12.5 Å². The first-order chi connectivity index (χ1) is 7.23. The summed E-state index contributed by atoms with van der Waals surface area (Å²) in [6.45, 7) is 9.38. The smallest absolute Gasteiger partial charge is 0.0480 e. The van der Waals surface area contributed by atoms with E-state index >= 15 is 0 Å². The molecule has 2 fully saturated rings. The molecule has 2 saturated heterocycles. The van der Waals surface area contributed by atoms with Gasteiger partial charge in [-0.15, -0.1) is 0 Å². The third-order valence-electron chi connectivity index (χ3n) is 4.57. The zero-order chi connectivity index (χ0) is 10.7. The highest BCUT2D eigenvalue weighted by Gasteiger charge is 2.31. The molecule has 2 aliphatic heterocycles. The van der Waals surface area contributed by atoms with Gasteiger partial charge in [-0.05, 0) is 44.2 Å². The summed E-state index contributed by atoms with van der Waals surface area (Å²) in [5.74, 6) is 0. The maximum atomic E-state index is 5.43. The summed E-state index contributed by atoms with van der Waals surface area (Å²) in [7, 11) is 0. The van der Waals surface area contributed by atoms with E-state index in [0.717, 1.165) is 19.3 Å². The molecular formula is C13H25NO. The van der Waals surface area contributed by atoms with Gasteiger partial charge in [0.05, 0.1) is 0 Å². The lowest BCUT2D eigenvalue weighted by Crippen LogP contribution is -2.46. The molecule has 2 rings (SSSR count). The summed E-state index contributed by atoms with van der Waals surface area (Å²) in [4.78, 5) is 2.71. The molecule has 0 aromatic carbocycles. The van der Waals surface area contributed by atoms with Gasteiger partial charge >= 0.3 is 0 Å². The van der Waals surface area contributed by atoms with Gasteiger partial charge in [-0.25, -0.2) is 0 Å². The van der Waals surface area contributed by atoms with Gasteiger partial charge in [0.15, 0.2) is 0 Å². The van der Waals surface area contributed by atoms with Gasteiger partial charge in [0.2, 0.25) is 0 Å². The predicted octanol–water partition coefficient (Wildman–Crippen LogP) is 2.68. The van der Waals surface area contributed by atoms with Crippen LogP contribution in [0.15, 0.2) is 0 Å².